The number of rotatable bonds is 10. The second kappa shape index (κ2) is 10.4. The number of hydrogen-bond donors (Lipinski definition) is 0. The van der Waals surface area contributed by atoms with Crippen LogP contribution in [0.2, 0.25) is 16.6 Å². The van der Waals surface area contributed by atoms with Crippen molar-refractivity contribution in [1.29, 1.82) is 0 Å². The lowest BCUT2D eigenvalue weighted by Gasteiger charge is -2.45. The third-order valence-corrected chi connectivity index (χ3v) is 12.1. The molecule has 150 valence electrons. The van der Waals surface area contributed by atoms with Crippen LogP contribution in [0.1, 0.15) is 67.7 Å². The van der Waals surface area contributed by atoms with Gasteiger partial charge in [0.15, 0.2) is 0 Å². The van der Waals surface area contributed by atoms with Gasteiger partial charge in [-0.3, -0.25) is 0 Å². The number of esters is 1. The van der Waals surface area contributed by atoms with E-state index < -0.39 is 8.32 Å². The summed E-state index contributed by atoms with van der Waals surface area (Å²) < 4.78 is 12.0. The first-order chi connectivity index (χ1) is 12.2. The van der Waals surface area contributed by atoms with E-state index in [0.717, 1.165) is 25.5 Å². The maximum absolute atomic E-state index is 11.9. The first-order valence-electron chi connectivity index (χ1n) is 10.2. The molecule has 0 aliphatic heterocycles. The molecule has 26 heavy (non-hydrogen) atoms. The van der Waals surface area contributed by atoms with Crippen LogP contribution in [0.3, 0.4) is 0 Å². The summed E-state index contributed by atoms with van der Waals surface area (Å²) in [5.41, 5.74) is 1.37. The second-order valence-corrected chi connectivity index (χ2v) is 13.8. The predicted octanol–water partition coefficient (Wildman–Crippen LogP) is 5.28. The zero-order valence-corrected chi connectivity index (χ0v) is 18.7. The number of ether oxygens (including phenoxy) is 1. The summed E-state index contributed by atoms with van der Waals surface area (Å²) in [6.07, 6.45) is 7.17. The summed E-state index contributed by atoms with van der Waals surface area (Å²) in [5.74, 6) is -0.168. The van der Waals surface area contributed by atoms with Crippen LogP contribution >= 0.6 is 0 Å². The molecule has 1 fully saturated rings. The van der Waals surface area contributed by atoms with Gasteiger partial charge in [0.25, 0.3) is 0 Å². The normalized spacial score (nSPS) is 22.5. The van der Waals surface area contributed by atoms with Crippen molar-refractivity contribution in [2.75, 3.05) is 6.61 Å². The number of hydrogen-bond acceptors (Lipinski definition) is 4. The molecule has 5 heteroatoms. The Bertz CT molecular complexity index is 463. The van der Waals surface area contributed by atoms with Gasteiger partial charge in [-0.05, 0) is 48.4 Å². The smallest absolute Gasteiger partial charge is 0.330 e. The average Bonchev–Trinajstić information content (AvgIpc) is 3.02. The number of aldehydes is 1. The Balaban J connectivity index is 3.21. The van der Waals surface area contributed by atoms with E-state index in [4.69, 9.17) is 9.16 Å². The van der Waals surface area contributed by atoms with E-state index in [9.17, 15) is 9.59 Å². The molecule has 0 aromatic heterocycles. The molecule has 0 aromatic carbocycles. The van der Waals surface area contributed by atoms with Crippen molar-refractivity contribution >= 4 is 20.6 Å². The minimum absolute atomic E-state index is 0.0185. The average molecular weight is 383 g/mol. The van der Waals surface area contributed by atoms with Crippen LogP contribution in [-0.4, -0.2) is 33.3 Å². The fraction of sp³-hybridized carbons (Fsp3) is 0.810. The van der Waals surface area contributed by atoms with Gasteiger partial charge in [0.05, 0.1) is 12.7 Å². The van der Waals surface area contributed by atoms with Gasteiger partial charge in [-0.15, -0.1) is 0 Å². The van der Waals surface area contributed by atoms with Crippen molar-refractivity contribution in [3.63, 3.8) is 0 Å². The molecule has 1 saturated carbocycles. The molecule has 0 N–H and O–H groups in total. The summed E-state index contributed by atoms with van der Waals surface area (Å²) in [4.78, 5) is 23.4. The lowest BCUT2D eigenvalue weighted by molar-refractivity contribution is -0.137. The van der Waals surface area contributed by atoms with Crippen LogP contribution in [0.4, 0.5) is 0 Å². The molecule has 1 aliphatic rings. The zero-order valence-electron chi connectivity index (χ0n) is 17.7. The van der Waals surface area contributed by atoms with Crippen LogP contribution in [0.25, 0.3) is 0 Å². The summed E-state index contributed by atoms with van der Waals surface area (Å²) in [5, 5.41) is 0. The zero-order chi connectivity index (χ0) is 19.9. The summed E-state index contributed by atoms with van der Waals surface area (Å²) in [6, 6.07) is 0. The molecule has 1 rings (SSSR count). The first kappa shape index (κ1) is 23.1. The Hall–Kier alpha value is -0.943. The molecule has 0 aromatic rings. The van der Waals surface area contributed by atoms with Gasteiger partial charge in [0.2, 0.25) is 8.32 Å². The highest BCUT2D eigenvalue weighted by molar-refractivity contribution is 6.77. The summed E-state index contributed by atoms with van der Waals surface area (Å²) in [7, 11) is -2.11. The van der Waals surface area contributed by atoms with Gasteiger partial charge in [-0.2, -0.15) is 0 Å². The van der Waals surface area contributed by atoms with Crippen LogP contribution < -0.4 is 0 Å². The maximum Gasteiger partial charge on any atom is 0.330 e. The SMILES string of the molecule is CCOC(=O)/C=C/[C@@H](O[Si](C(C)C)(C(C)C)C(C)C)[C@@H]1CCC[C@H]1C=O. The minimum atomic E-state index is -2.11. The topological polar surface area (TPSA) is 52.6 Å². The molecule has 3 atom stereocenters. The summed E-state index contributed by atoms with van der Waals surface area (Å²) in [6.45, 7) is 15.7. The van der Waals surface area contributed by atoms with Crippen molar-refractivity contribution in [1.82, 2.24) is 0 Å². The molecule has 0 spiro atoms. The predicted molar refractivity (Wildman–Crippen MR) is 109 cm³/mol. The quantitative estimate of drug-likeness (QED) is 0.223. The molecule has 0 bridgehead atoms. The van der Waals surface area contributed by atoms with Crippen molar-refractivity contribution in [2.45, 2.75) is 90.5 Å². The Labute approximate surface area is 160 Å². The van der Waals surface area contributed by atoms with E-state index in [1.54, 1.807) is 6.92 Å². The van der Waals surface area contributed by atoms with Crippen LogP contribution in [-0.2, 0) is 18.8 Å². The number of carbonyl (C=O) groups is 2. The van der Waals surface area contributed by atoms with Crippen molar-refractivity contribution in [3.8, 4) is 0 Å². The van der Waals surface area contributed by atoms with Crippen molar-refractivity contribution < 1.29 is 18.8 Å². The first-order valence-corrected chi connectivity index (χ1v) is 12.3. The highest BCUT2D eigenvalue weighted by Crippen LogP contribution is 2.45. The minimum Gasteiger partial charge on any atom is -0.463 e. The monoisotopic (exact) mass is 382 g/mol. The molecule has 1 aliphatic carbocycles. The highest BCUT2D eigenvalue weighted by Gasteiger charge is 2.48. The molecule has 0 amide bonds. The molecule has 0 unspecified atom stereocenters. The van der Waals surface area contributed by atoms with Gasteiger partial charge in [0, 0.05) is 12.0 Å². The Morgan fingerprint density at radius 2 is 1.65 bits per heavy atom. The van der Waals surface area contributed by atoms with Gasteiger partial charge in [-0.1, -0.05) is 48.0 Å². The standard InChI is InChI=1S/C21H38O4Si/c1-8-24-21(23)13-12-20(19-11-9-10-18(19)14-22)25-26(15(2)3,16(4)5)17(6)7/h12-20H,8-11H2,1-7H3/b13-12+/t18-,19+,20+/m0/s1. The van der Waals surface area contributed by atoms with Gasteiger partial charge in [-0.25, -0.2) is 4.79 Å². The van der Waals surface area contributed by atoms with Gasteiger partial charge in [0.1, 0.15) is 6.29 Å². The van der Waals surface area contributed by atoms with E-state index in [1.165, 1.54) is 6.08 Å². The van der Waals surface area contributed by atoms with Crippen LogP contribution in [0.5, 0.6) is 0 Å². The van der Waals surface area contributed by atoms with Crippen molar-refractivity contribution in [2.24, 2.45) is 11.8 Å². The fourth-order valence-corrected chi connectivity index (χ4v) is 10.4. The van der Waals surface area contributed by atoms with E-state index in [1.807, 2.05) is 6.08 Å². The van der Waals surface area contributed by atoms with Crippen LogP contribution in [0, 0.1) is 11.8 Å². The van der Waals surface area contributed by atoms with Crippen LogP contribution in [0.15, 0.2) is 12.2 Å². The molecule has 0 saturated heterocycles. The lowest BCUT2D eigenvalue weighted by Crippen LogP contribution is -2.51. The largest absolute Gasteiger partial charge is 0.463 e. The Morgan fingerprint density at radius 3 is 2.12 bits per heavy atom. The van der Waals surface area contributed by atoms with E-state index in [-0.39, 0.29) is 23.9 Å². The van der Waals surface area contributed by atoms with Gasteiger partial charge >= 0.3 is 5.97 Å². The fourth-order valence-electron chi connectivity index (χ4n) is 4.87. The molecular formula is C21H38O4Si. The lowest BCUT2D eigenvalue weighted by atomic mass is 9.91. The van der Waals surface area contributed by atoms with E-state index >= 15 is 0 Å². The maximum atomic E-state index is 11.9. The molecule has 4 nitrogen and oxygen atoms in total. The highest BCUT2D eigenvalue weighted by atomic mass is 28.4. The third-order valence-electron chi connectivity index (χ3n) is 5.98. The van der Waals surface area contributed by atoms with Crippen molar-refractivity contribution in [3.05, 3.63) is 12.2 Å². The molecule has 0 radical (unpaired) electrons. The van der Waals surface area contributed by atoms with E-state index in [2.05, 4.69) is 41.5 Å². The molecular weight excluding hydrogens is 344 g/mol. The Kier molecular flexibility index (Phi) is 9.24. The molecule has 0 heterocycles. The Morgan fingerprint density at radius 1 is 1.08 bits per heavy atom. The van der Waals surface area contributed by atoms with Gasteiger partial charge < -0.3 is 14.0 Å². The number of carbonyl (C=O) groups excluding carboxylic acids is 2. The van der Waals surface area contributed by atoms with E-state index in [0.29, 0.717) is 23.2 Å². The summed E-state index contributed by atoms with van der Waals surface area (Å²) >= 11 is 0. The second-order valence-electron chi connectivity index (χ2n) is 8.41. The third kappa shape index (κ3) is 5.29.